The molecule has 0 saturated heterocycles. The van der Waals surface area contributed by atoms with Gasteiger partial charge in [-0.3, -0.25) is 5.41 Å². The molecule has 0 spiro atoms. The lowest BCUT2D eigenvalue weighted by atomic mass is 10.1. The number of nitrogens with one attached hydrogen (secondary N) is 1. The quantitative estimate of drug-likeness (QED) is 0.631. The van der Waals surface area contributed by atoms with E-state index < -0.39 is 0 Å². The highest BCUT2D eigenvalue weighted by Crippen LogP contribution is 2.35. The van der Waals surface area contributed by atoms with E-state index in [1.54, 1.807) is 24.1 Å². The van der Waals surface area contributed by atoms with Crippen LogP contribution in [0.1, 0.15) is 5.01 Å². The zero-order valence-electron chi connectivity index (χ0n) is 14.4. The summed E-state index contributed by atoms with van der Waals surface area (Å²) in [6.45, 7) is 0.240. The summed E-state index contributed by atoms with van der Waals surface area (Å²) in [7, 11) is 1.62. The average molecular weight is 398 g/mol. The summed E-state index contributed by atoms with van der Waals surface area (Å²) in [5.41, 5.74) is 2.97. The Kier molecular flexibility index (Phi) is 4.59. The molecule has 2 N–H and O–H groups in total. The van der Waals surface area contributed by atoms with Crippen LogP contribution >= 0.6 is 22.9 Å². The van der Waals surface area contributed by atoms with Crippen LogP contribution in [-0.2, 0) is 0 Å². The molecule has 1 aliphatic rings. The number of aliphatic hydroxyl groups excluding tert-OH is 1. The van der Waals surface area contributed by atoms with Gasteiger partial charge in [-0.05, 0) is 36.4 Å². The lowest BCUT2D eigenvalue weighted by molar-refractivity contribution is 0.411. The van der Waals surface area contributed by atoms with Crippen LogP contribution in [-0.4, -0.2) is 29.6 Å². The van der Waals surface area contributed by atoms with Crippen molar-refractivity contribution in [1.82, 2.24) is 4.98 Å². The maximum absolute atomic E-state index is 10.5. The van der Waals surface area contributed by atoms with Gasteiger partial charge >= 0.3 is 0 Å². The van der Waals surface area contributed by atoms with E-state index in [9.17, 15) is 5.11 Å². The molecule has 0 fully saturated rings. The lowest BCUT2D eigenvalue weighted by Crippen LogP contribution is -2.25. The Balaban J connectivity index is 1.63. The molecule has 0 bridgehead atoms. The third-order valence-corrected chi connectivity index (χ3v) is 5.44. The molecule has 1 aromatic heterocycles. The number of amidine groups is 1. The molecular formula is C20H16ClN3O2S. The van der Waals surface area contributed by atoms with Gasteiger partial charge in [0, 0.05) is 21.7 Å². The van der Waals surface area contributed by atoms with Crippen molar-refractivity contribution < 1.29 is 9.84 Å². The van der Waals surface area contributed by atoms with Crippen molar-refractivity contribution in [1.29, 1.82) is 5.41 Å². The van der Waals surface area contributed by atoms with Gasteiger partial charge in [0.1, 0.15) is 22.4 Å². The van der Waals surface area contributed by atoms with E-state index in [0.29, 0.717) is 15.6 Å². The SMILES string of the molecule is COc1cccc(-c2csc(C3=C(O)CN(c4ccc(Cl)cc4)C3=N)n2)c1. The van der Waals surface area contributed by atoms with E-state index in [1.807, 2.05) is 41.8 Å². The predicted octanol–water partition coefficient (Wildman–Crippen LogP) is 5.24. The first-order valence-electron chi connectivity index (χ1n) is 8.21. The first kappa shape index (κ1) is 17.6. The molecule has 0 saturated carbocycles. The third-order valence-electron chi connectivity index (χ3n) is 4.33. The van der Waals surface area contributed by atoms with E-state index in [2.05, 4.69) is 4.98 Å². The lowest BCUT2D eigenvalue weighted by Gasteiger charge is -2.18. The van der Waals surface area contributed by atoms with E-state index >= 15 is 0 Å². The van der Waals surface area contributed by atoms with Gasteiger partial charge in [0.25, 0.3) is 0 Å². The normalized spacial score (nSPS) is 14.1. The van der Waals surface area contributed by atoms with Crippen LogP contribution in [0.25, 0.3) is 16.8 Å². The summed E-state index contributed by atoms with van der Waals surface area (Å²) in [4.78, 5) is 6.37. The number of aromatic nitrogens is 1. The summed E-state index contributed by atoms with van der Waals surface area (Å²) in [6, 6.07) is 14.8. The molecule has 3 aromatic rings. The molecule has 1 aliphatic heterocycles. The Bertz CT molecular complexity index is 1040. The standard InChI is InChI=1S/C20H16ClN3O2S/c1-26-15-4-2-3-12(9-15)16-11-27-20(23-16)18-17(25)10-24(19(18)22)14-7-5-13(21)6-8-14/h2-9,11,22,25H,10H2,1H3. The number of aliphatic hydroxyl groups is 1. The molecule has 0 unspecified atom stereocenters. The van der Waals surface area contributed by atoms with Crippen molar-refractivity contribution in [2.24, 2.45) is 0 Å². The number of benzene rings is 2. The fourth-order valence-corrected chi connectivity index (χ4v) is 3.97. The molecule has 0 amide bonds. The van der Waals surface area contributed by atoms with Gasteiger partial charge in [0.2, 0.25) is 0 Å². The molecular weight excluding hydrogens is 382 g/mol. The molecule has 4 rings (SSSR count). The van der Waals surface area contributed by atoms with Crippen molar-refractivity contribution in [3.05, 3.63) is 69.7 Å². The highest BCUT2D eigenvalue weighted by molar-refractivity contribution is 7.11. The first-order chi connectivity index (χ1) is 13.1. The number of methoxy groups -OCH3 is 1. The van der Waals surface area contributed by atoms with Crippen LogP contribution < -0.4 is 9.64 Å². The van der Waals surface area contributed by atoms with Crippen molar-refractivity contribution >= 4 is 40.0 Å². The Labute approximate surface area is 165 Å². The Morgan fingerprint density at radius 1 is 1.22 bits per heavy atom. The summed E-state index contributed by atoms with van der Waals surface area (Å²) in [6.07, 6.45) is 0. The van der Waals surface area contributed by atoms with Gasteiger partial charge in [-0.25, -0.2) is 4.98 Å². The van der Waals surface area contributed by atoms with Gasteiger partial charge in [-0.1, -0.05) is 23.7 Å². The number of thiazole rings is 1. The van der Waals surface area contributed by atoms with Crippen LogP contribution in [0.15, 0.2) is 59.7 Å². The predicted molar refractivity (Wildman–Crippen MR) is 110 cm³/mol. The van der Waals surface area contributed by atoms with Crippen molar-refractivity contribution in [2.75, 3.05) is 18.6 Å². The smallest absolute Gasteiger partial charge is 0.139 e. The number of halogens is 1. The molecule has 5 nitrogen and oxygen atoms in total. The van der Waals surface area contributed by atoms with Crippen LogP contribution in [0.3, 0.4) is 0 Å². The second kappa shape index (κ2) is 7.06. The van der Waals surface area contributed by atoms with E-state index in [-0.39, 0.29) is 18.1 Å². The molecule has 7 heteroatoms. The van der Waals surface area contributed by atoms with Gasteiger partial charge < -0.3 is 14.7 Å². The van der Waals surface area contributed by atoms with Crippen LogP contribution in [0.5, 0.6) is 5.75 Å². The Morgan fingerprint density at radius 2 is 2.00 bits per heavy atom. The molecule has 136 valence electrons. The maximum atomic E-state index is 10.5. The summed E-state index contributed by atoms with van der Waals surface area (Å²) in [5, 5.41) is 22.2. The zero-order chi connectivity index (χ0) is 19.0. The largest absolute Gasteiger partial charge is 0.510 e. The molecule has 27 heavy (non-hydrogen) atoms. The number of rotatable bonds is 4. The molecule has 0 atom stereocenters. The van der Waals surface area contributed by atoms with Gasteiger partial charge in [-0.2, -0.15) is 0 Å². The van der Waals surface area contributed by atoms with Gasteiger partial charge in [-0.15, -0.1) is 11.3 Å². The average Bonchev–Trinajstić information content (AvgIpc) is 3.27. The van der Waals surface area contributed by atoms with Crippen LogP contribution in [0.2, 0.25) is 5.02 Å². The fourth-order valence-electron chi connectivity index (χ4n) is 2.95. The molecule has 2 aromatic carbocycles. The number of hydrogen-bond donors (Lipinski definition) is 2. The maximum Gasteiger partial charge on any atom is 0.139 e. The molecule has 0 aliphatic carbocycles. The monoisotopic (exact) mass is 397 g/mol. The van der Waals surface area contributed by atoms with E-state index in [1.165, 1.54) is 11.3 Å². The van der Waals surface area contributed by atoms with Crippen molar-refractivity contribution in [3.8, 4) is 17.0 Å². The second-order valence-corrected chi connectivity index (χ2v) is 7.30. The number of anilines is 1. The minimum absolute atomic E-state index is 0.140. The summed E-state index contributed by atoms with van der Waals surface area (Å²) >= 11 is 7.35. The minimum atomic E-state index is 0.140. The Morgan fingerprint density at radius 3 is 2.74 bits per heavy atom. The number of nitrogens with zero attached hydrogens (tertiary/aromatic N) is 2. The van der Waals surface area contributed by atoms with Gasteiger partial charge in [0.15, 0.2) is 0 Å². The Hall–Kier alpha value is -2.83. The molecule has 2 heterocycles. The fraction of sp³-hybridized carbons (Fsp3) is 0.100. The minimum Gasteiger partial charge on any atom is -0.510 e. The highest BCUT2D eigenvalue weighted by atomic mass is 35.5. The van der Waals surface area contributed by atoms with Gasteiger partial charge in [0.05, 0.1) is 24.9 Å². The topological polar surface area (TPSA) is 69.4 Å². The van der Waals surface area contributed by atoms with Crippen LogP contribution in [0.4, 0.5) is 5.69 Å². The second-order valence-electron chi connectivity index (χ2n) is 6.00. The van der Waals surface area contributed by atoms with E-state index in [0.717, 1.165) is 22.7 Å². The highest BCUT2D eigenvalue weighted by Gasteiger charge is 2.31. The van der Waals surface area contributed by atoms with Crippen molar-refractivity contribution in [3.63, 3.8) is 0 Å². The number of ether oxygens (including phenoxy) is 1. The third kappa shape index (κ3) is 3.29. The first-order valence-corrected chi connectivity index (χ1v) is 9.47. The van der Waals surface area contributed by atoms with Crippen LogP contribution in [0, 0.1) is 5.41 Å². The summed E-state index contributed by atoms with van der Waals surface area (Å²) in [5.74, 6) is 1.12. The van der Waals surface area contributed by atoms with Crippen molar-refractivity contribution in [2.45, 2.75) is 0 Å². The molecule has 0 radical (unpaired) electrons. The zero-order valence-corrected chi connectivity index (χ0v) is 16.0. The number of hydrogen-bond acceptors (Lipinski definition) is 5. The van der Waals surface area contributed by atoms with E-state index in [4.69, 9.17) is 21.7 Å². The summed E-state index contributed by atoms with van der Waals surface area (Å²) < 4.78 is 5.26.